The molecule has 0 bridgehead atoms. The molecule has 9 heteroatoms. The lowest BCUT2D eigenvalue weighted by atomic mass is 10.1. The van der Waals surface area contributed by atoms with E-state index in [0.717, 1.165) is 17.9 Å². The summed E-state index contributed by atoms with van der Waals surface area (Å²) in [5, 5.41) is 3.71. The van der Waals surface area contributed by atoms with E-state index in [9.17, 15) is 21.6 Å². The van der Waals surface area contributed by atoms with Gasteiger partial charge in [-0.25, -0.2) is 13.1 Å². The third-order valence-corrected chi connectivity index (χ3v) is 5.10. The monoisotopic (exact) mass is 395 g/mol. The zero-order chi connectivity index (χ0) is 19.8. The lowest BCUT2D eigenvalue weighted by Crippen LogP contribution is -2.08. The molecule has 0 radical (unpaired) electrons. The van der Waals surface area contributed by atoms with Gasteiger partial charge in [0.15, 0.2) is 15.5 Å². The van der Waals surface area contributed by atoms with Crippen molar-refractivity contribution >= 4 is 9.84 Å². The standard InChI is InChI=1S/C18H16F3N3O2S/c1-27(25,26)15-7-5-13(6-8-15)16-10-17(18(19,20)21)23-24(16)14-4-2-3-12(9-14)11-22/h2-10H,11,22H2,1H3. The predicted molar refractivity (Wildman–Crippen MR) is 95.0 cm³/mol. The molecule has 0 saturated heterocycles. The Kier molecular flexibility index (Phi) is 4.83. The quantitative estimate of drug-likeness (QED) is 0.734. The first kappa shape index (κ1) is 19.1. The molecule has 1 heterocycles. The van der Waals surface area contributed by atoms with Crippen molar-refractivity contribution in [3.05, 3.63) is 65.9 Å². The average molecular weight is 395 g/mol. The summed E-state index contributed by atoms with van der Waals surface area (Å²) in [6.45, 7) is 0.236. The molecule has 0 aliphatic carbocycles. The minimum atomic E-state index is -4.61. The normalized spacial score (nSPS) is 12.3. The van der Waals surface area contributed by atoms with Crippen LogP contribution in [0.25, 0.3) is 16.9 Å². The Morgan fingerprint density at radius 3 is 2.30 bits per heavy atom. The van der Waals surface area contributed by atoms with Crippen molar-refractivity contribution in [1.29, 1.82) is 0 Å². The van der Waals surface area contributed by atoms with Gasteiger partial charge in [0, 0.05) is 18.4 Å². The number of sulfone groups is 1. The second-order valence-corrected chi connectivity index (χ2v) is 8.01. The lowest BCUT2D eigenvalue weighted by Gasteiger charge is -2.09. The molecule has 2 N–H and O–H groups in total. The van der Waals surface area contributed by atoms with Crippen LogP contribution in [0.4, 0.5) is 13.2 Å². The molecule has 0 aliphatic rings. The molecule has 0 atom stereocenters. The summed E-state index contributed by atoms with van der Waals surface area (Å²) in [5.74, 6) is 0. The van der Waals surface area contributed by atoms with Gasteiger partial charge in [0.05, 0.1) is 16.3 Å². The van der Waals surface area contributed by atoms with Crippen LogP contribution >= 0.6 is 0 Å². The van der Waals surface area contributed by atoms with Crippen LogP contribution in [0.1, 0.15) is 11.3 Å². The van der Waals surface area contributed by atoms with Gasteiger partial charge < -0.3 is 5.73 Å². The molecule has 5 nitrogen and oxygen atoms in total. The Morgan fingerprint density at radius 2 is 1.74 bits per heavy atom. The number of hydrogen-bond donors (Lipinski definition) is 1. The highest BCUT2D eigenvalue weighted by Crippen LogP contribution is 2.33. The fourth-order valence-corrected chi connectivity index (χ4v) is 3.24. The van der Waals surface area contributed by atoms with E-state index in [1.165, 1.54) is 28.9 Å². The first-order chi connectivity index (χ1) is 12.6. The van der Waals surface area contributed by atoms with Crippen LogP contribution in [0.15, 0.2) is 59.5 Å². The first-order valence-corrected chi connectivity index (χ1v) is 9.76. The number of benzene rings is 2. The second-order valence-electron chi connectivity index (χ2n) is 5.99. The van der Waals surface area contributed by atoms with E-state index < -0.39 is 21.7 Å². The summed E-state index contributed by atoms with van der Waals surface area (Å²) in [6.07, 6.45) is -3.55. The van der Waals surface area contributed by atoms with Gasteiger partial charge in [0.1, 0.15) is 0 Å². The molecular formula is C18H16F3N3O2S. The van der Waals surface area contributed by atoms with Gasteiger partial charge in [0.2, 0.25) is 0 Å². The molecule has 0 spiro atoms. The summed E-state index contributed by atoms with van der Waals surface area (Å²) >= 11 is 0. The Hall–Kier alpha value is -2.65. The van der Waals surface area contributed by atoms with E-state index in [4.69, 9.17) is 5.73 Å². The van der Waals surface area contributed by atoms with Crippen LogP contribution in [0.3, 0.4) is 0 Å². The minimum Gasteiger partial charge on any atom is -0.326 e. The minimum absolute atomic E-state index is 0.0819. The van der Waals surface area contributed by atoms with Crippen molar-refractivity contribution in [2.45, 2.75) is 17.6 Å². The maximum absolute atomic E-state index is 13.2. The fourth-order valence-electron chi connectivity index (χ4n) is 2.61. The Balaban J connectivity index is 2.17. The highest BCUT2D eigenvalue weighted by molar-refractivity contribution is 7.90. The number of halogens is 3. The summed E-state index contributed by atoms with van der Waals surface area (Å²) < 4.78 is 64.0. The molecule has 0 fully saturated rings. The number of aromatic nitrogens is 2. The van der Waals surface area contributed by atoms with E-state index in [0.29, 0.717) is 11.3 Å². The van der Waals surface area contributed by atoms with Crippen molar-refractivity contribution < 1.29 is 21.6 Å². The van der Waals surface area contributed by atoms with Gasteiger partial charge in [0.25, 0.3) is 0 Å². The molecule has 142 valence electrons. The van der Waals surface area contributed by atoms with E-state index in [1.807, 2.05) is 0 Å². The van der Waals surface area contributed by atoms with Crippen molar-refractivity contribution in [2.75, 3.05) is 6.26 Å². The topological polar surface area (TPSA) is 78.0 Å². The number of rotatable bonds is 4. The predicted octanol–water partition coefficient (Wildman–Crippen LogP) is 3.42. The summed E-state index contributed by atoms with van der Waals surface area (Å²) in [4.78, 5) is 0.0819. The van der Waals surface area contributed by atoms with Crippen LogP contribution < -0.4 is 5.73 Å². The zero-order valence-corrected chi connectivity index (χ0v) is 15.1. The van der Waals surface area contributed by atoms with E-state index in [1.54, 1.807) is 24.3 Å². The third-order valence-electron chi connectivity index (χ3n) is 3.97. The Bertz CT molecular complexity index is 1070. The first-order valence-electron chi connectivity index (χ1n) is 7.87. The molecule has 27 heavy (non-hydrogen) atoms. The second kappa shape index (κ2) is 6.82. The molecule has 3 aromatic rings. The maximum Gasteiger partial charge on any atom is 0.435 e. The smallest absolute Gasteiger partial charge is 0.326 e. The molecule has 0 saturated carbocycles. The summed E-state index contributed by atoms with van der Waals surface area (Å²) in [6, 6.07) is 13.3. The Labute approximate surface area is 154 Å². The summed E-state index contributed by atoms with van der Waals surface area (Å²) in [7, 11) is -3.41. The van der Waals surface area contributed by atoms with Crippen LogP contribution in [0, 0.1) is 0 Å². The van der Waals surface area contributed by atoms with Crippen molar-refractivity contribution in [1.82, 2.24) is 9.78 Å². The van der Waals surface area contributed by atoms with Gasteiger partial charge in [-0.15, -0.1) is 0 Å². The largest absolute Gasteiger partial charge is 0.435 e. The average Bonchev–Trinajstić information content (AvgIpc) is 3.07. The SMILES string of the molecule is CS(=O)(=O)c1ccc(-c2cc(C(F)(F)F)nn2-c2cccc(CN)c2)cc1. The zero-order valence-electron chi connectivity index (χ0n) is 14.2. The van der Waals surface area contributed by atoms with Gasteiger partial charge in [-0.05, 0) is 35.9 Å². The van der Waals surface area contributed by atoms with Gasteiger partial charge in [-0.3, -0.25) is 0 Å². The molecule has 0 aliphatic heterocycles. The van der Waals surface area contributed by atoms with Crippen molar-refractivity contribution in [3.8, 4) is 16.9 Å². The van der Waals surface area contributed by atoms with Crippen molar-refractivity contribution in [2.24, 2.45) is 5.73 Å². The van der Waals surface area contributed by atoms with Gasteiger partial charge in [-0.2, -0.15) is 18.3 Å². The highest BCUT2D eigenvalue weighted by Gasteiger charge is 2.35. The number of nitrogens with two attached hydrogens (primary N) is 1. The van der Waals surface area contributed by atoms with Crippen molar-refractivity contribution in [3.63, 3.8) is 0 Å². The fraction of sp³-hybridized carbons (Fsp3) is 0.167. The number of hydrogen-bond acceptors (Lipinski definition) is 4. The molecule has 0 unspecified atom stereocenters. The number of nitrogens with zero attached hydrogens (tertiary/aromatic N) is 2. The lowest BCUT2D eigenvalue weighted by molar-refractivity contribution is -0.141. The van der Waals surface area contributed by atoms with Gasteiger partial charge in [-0.1, -0.05) is 24.3 Å². The Morgan fingerprint density at radius 1 is 1.07 bits per heavy atom. The molecule has 1 aromatic heterocycles. The number of alkyl halides is 3. The van der Waals surface area contributed by atoms with E-state index in [2.05, 4.69) is 5.10 Å². The molecular weight excluding hydrogens is 379 g/mol. The van der Waals surface area contributed by atoms with E-state index >= 15 is 0 Å². The van der Waals surface area contributed by atoms with E-state index in [-0.39, 0.29) is 17.1 Å². The third kappa shape index (κ3) is 4.04. The maximum atomic E-state index is 13.2. The van der Waals surface area contributed by atoms with Crippen LogP contribution in [0.2, 0.25) is 0 Å². The van der Waals surface area contributed by atoms with Crippen LogP contribution in [0.5, 0.6) is 0 Å². The van der Waals surface area contributed by atoms with Gasteiger partial charge >= 0.3 is 6.18 Å². The molecule has 2 aromatic carbocycles. The summed E-state index contributed by atoms with van der Waals surface area (Å²) in [5.41, 5.74) is 6.34. The molecule has 3 rings (SSSR count). The van der Waals surface area contributed by atoms with Crippen LogP contribution in [-0.2, 0) is 22.6 Å². The van der Waals surface area contributed by atoms with Crippen LogP contribution in [-0.4, -0.2) is 24.5 Å². The molecule has 0 amide bonds. The highest BCUT2D eigenvalue weighted by atomic mass is 32.2.